The molecule has 25 heavy (non-hydrogen) atoms. The number of carbonyl (C=O) groups excluding carboxylic acids is 1. The van der Waals surface area contributed by atoms with Gasteiger partial charge in [-0.25, -0.2) is 4.39 Å². The van der Waals surface area contributed by atoms with Crippen molar-refractivity contribution in [3.63, 3.8) is 0 Å². The predicted octanol–water partition coefficient (Wildman–Crippen LogP) is 4.15. The molecule has 8 heteroatoms. The average molecular weight is 361 g/mol. The summed E-state index contributed by atoms with van der Waals surface area (Å²) >= 11 is 0. The molecule has 1 aromatic rings. The molecule has 0 unspecified atom stereocenters. The number of aliphatic carboxylic acids is 1. The van der Waals surface area contributed by atoms with Crippen LogP contribution in [0.1, 0.15) is 37.7 Å². The normalized spacial score (nSPS) is 21.0. The molecule has 0 atom stereocenters. The van der Waals surface area contributed by atoms with Crippen molar-refractivity contribution in [3.05, 3.63) is 29.6 Å². The van der Waals surface area contributed by atoms with Crippen molar-refractivity contribution < 1.29 is 32.3 Å². The van der Waals surface area contributed by atoms with E-state index in [1.807, 2.05) is 0 Å². The number of benzene rings is 1. The Morgan fingerprint density at radius 1 is 1.16 bits per heavy atom. The Kier molecular flexibility index (Phi) is 6.02. The third kappa shape index (κ3) is 5.72. The van der Waals surface area contributed by atoms with Gasteiger partial charge in [0.1, 0.15) is 5.82 Å². The zero-order valence-electron chi connectivity index (χ0n) is 13.4. The molecule has 0 spiro atoms. The van der Waals surface area contributed by atoms with Crippen molar-refractivity contribution in [2.24, 2.45) is 11.8 Å². The molecule has 1 aromatic carbocycles. The van der Waals surface area contributed by atoms with Gasteiger partial charge in [0.15, 0.2) is 0 Å². The molecule has 0 heterocycles. The van der Waals surface area contributed by atoms with E-state index >= 15 is 0 Å². The lowest BCUT2D eigenvalue weighted by Gasteiger charge is -2.29. The Morgan fingerprint density at radius 2 is 1.80 bits per heavy atom. The molecule has 1 aliphatic carbocycles. The minimum absolute atomic E-state index is 0.0102. The van der Waals surface area contributed by atoms with Crippen LogP contribution < -0.4 is 5.32 Å². The molecule has 4 nitrogen and oxygen atoms in total. The first-order chi connectivity index (χ1) is 11.6. The van der Waals surface area contributed by atoms with Gasteiger partial charge in [0.2, 0.25) is 5.91 Å². The molecule has 0 bridgehead atoms. The van der Waals surface area contributed by atoms with Gasteiger partial charge in [-0.2, -0.15) is 13.2 Å². The second-order valence-electron chi connectivity index (χ2n) is 6.39. The fraction of sp³-hybridized carbons (Fsp3) is 0.529. The van der Waals surface area contributed by atoms with E-state index in [1.165, 1.54) is 12.1 Å². The Labute approximate surface area is 142 Å². The maximum Gasteiger partial charge on any atom is 0.391 e. The summed E-state index contributed by atoms with van der Waals surface area (Å²) in [5, 5.41) is 11.2. The Hall–Kier alpha value is -2.12. The van der Waals surface area contributed by atoms with E-state index in [4.69, 9.17) is 5.11 Å². The standard InChI is InChI=1S/C17H19F4NO3/c18-14-9-13(6-3-11(14)8-16(24)25)22-15(23)7-10-1-4-12(5-2-10)17(19,20)21/h3,6,9-10,12H,1-2,4-5,7-8H2,(H,22,23)(H,24,25). The van der Waals surface area contributed by atoms with Gasteiger partial charge in [-0.3, -0.25) is 9.59 Å². The molecule has 1 saturated carbocycles. The Bertz CT molecular complexity index is 637. The van der Waals surface area contributed by atoms with Gasteiger partial charge in [0.25, 0.3) is 0 Å². The van der Waals surface area contributed by atoms with Gasteiger partial charge < -0.3 is 10.4 Å². The SMILES string of the molecule is O=C(O)Cc1ccc(NC(=O)CC2CCC(C(F)(F)F)CC2)cc1F. The molecular formula is C17H19F4NO3. The molecule has 1 amide bonds. The van der Waals surface area contributed by atoms with Crippen LogP contribution in [0.2, 0.25) is 0 Å². The van der Waals surface area contributed by atoms with Crippen molar-refractivity contribution in [3.8, 4) is 0 Å². The highest BCUT2D eigenvalue weighted by molar-refractivity contribution is 5.90. The van der Waals surface area contributed by atoms with Gasteiger partial charge in [-0.1, -0.05) is 6.07 Å². The van der Waals surface area contributed by atoms with Gasteiger partial charge >= 0.3 is 12.1 Å². The highest BCUT2D eigenvalue weighted by Gasteiger charge is 2.41. The summed E-state index contributed by atoms with van der Waals surface area (Å²) < 4.78 is 51.6. The van der Waals surface area contributed by atoms with Gasteiger partial charge in [-0.15, -0.1) is 0 Å². The summed E-state index contributed by atoms with van der Waals surface area (Å²) in [6.07, 6.45) is -3.82. The summed E-state index contributed by atoms with van der Waals surface area (Å²) in [5.74, 6) is -3.69. The van der Waals surface area contributed by atoms with Crippen LogP contribution in [0.5, 0.6) is 0 Å². The zero-order chi connectivity index (χ0) is 18.6. The van der Waals surface area contributed by atoms with Crippen LogP contribution >= 0.6 is 0 Å². The summed E-state index contributed by atoms with van der Waals surface area (Å²) in [6.45, 7) is 0. The number of carboxylic acid groups (broad SMARTS) is 1. The molecule has 1 fully saturated rings. The van der Waals surface area contributed by atoms with Crippen molar-refractivity contribution in [2.75, 3.05) is 5.32 Å². The van der Waals surface area contributed by atoms with E-state index < -0.39 is 30.3 Å². The number of nitrogens with one attached hydrogen (secondary N) is 1. The summed E-state index contributed by atoms with van der Waals surface area (Å²) in [5.41, 5.74) is 0.205. The van der Waals surface area contributed by atoms with E-state index in [-0.39, 0.29) is 42.3 Å². The van der Waals surface area contributed by atoms with Crippen molar-refractivity contribution in [2.45, 2.75) is 44.7 Å². The quantitative estimate of drug-likeness (QED) is 0.775. The number of alkyl halides is 3. The number of anilines is 1. The second kappa shape index (κ2) is 7.84. The molecule has 0 saturated heterocycles. The number of halogens is 4. The van der Waals surface area contributed by atoms with Crippen molar-refractivity contribution in [1.29, 1.82) is 0 Å². The van der Waals surface area contributed by atoms with E-state index in [2.05, 4.69) is 5.32 Å². The maximum absolute atomic E-state index is 13.8. The fourth-order valence-electron chi connectivity index (χ4n) is 3.10. The Balaban J connectivity index is 1.85. The molecule has 0 radical (unpaired) electrons. The van der Waals surface area contributed by atoms with Crippen LogP contribution in [0.4, 0.5) is 23.2 Å². The molecule has 2 N–H and O–H groups in total. The van der Waals surface area contributed by atoms with Crippen LogP contribution in [-0.4, -0.2) is 23.2 Å². The molecule has 0 aromatic heterocycles. The molecule has 1 aliphatic rings. The summed E-state index contributed by atoms with van der Waals surface area (Å²) in [4.78, 5) is 22.6. The third-order valence-electron chi connectivity index (χ3n) is 4.46. The lowest BCUT2D eigenvalue weighted by atomic mass is 9.80. The lowest BCUT2D eigenvalue weighted by Crippen LogP contribution is -2.29. The highest BCUT2D eigenvalue weighted by Crippen LogP contribution is 2.40. The number of carbonyl (C=O) groups is 2. The first-order valence-electron chi connectivity index (χ1n) is 8.02. The maximum atomic E-state index is 13.8. The summed E-state index contributed by atoms with van der Waals surface area (Å²) in [6, 6.07) is 3.73. The third-order valence-corrected chi connectivity index (χ3v) is 4.46. The van der Waals surface area contributed by atoms with E-state index in [0.29, 0.717) is 12.8 Å². The van der Waals surface area contributed by atoms with Crippen LogP contribution in [0.25, 0.3) is 0 Å². The van der Waals surface area contributed by atoms with Crippen molar-refractivity contribution >= 4 is 17.6 Å². The smallest absolute Gasteiger partial charge is 0.391 e. The number of hydrogen-bond acceptors (Lipinski definition) is 2. The number of carboxylic acids is 1. The second-order valence-corrected chi connectivity index (χ2v) is 6.39. The van der Waals surface area contributed by atoms with Gasteiger partial charge in [0, 0.05) is 12.1 Å². The number of hydrogen-bond donors (Lipinski definition) is 2. The molecule has 2 rings (SSSR count). The largest absolute Gasteiger partial charge is 0.481 e. The van der Waals surface area contributed by atoms with Crippen molar-refractivity contribution in [1.82, 2.24) is 0 Å². The number of amides is 1. The average Bonchev–Trinajstić information content (AvgIpc) is 2.49. The van der Waals surface area contributed by atoms with Crippen LogP contribution in [0.3, 0.4) is 0 Å². The van der Waals surface area contributed by atoms with E-state index in [9.17, 15) is 27.2 Å². The lowest BCUT2D eigenvalue weighted by molar-refractivity contribution is -0.184. The highest BCUT2D eigenvalue weighted by atomic mass is 19.4. The van der Waals surface area contributed by atoms with Crippen LogP contribution in [0.15, 0.2) is 18.2 Å². The summed E-state index contributed by atoms with van der Waals surface area (Å²) in [7, 11) is 0. The minimum atomic E-state index is -4.18. The number of rotatable bonds is 5. The monoisotopic (exact) mass is 361 g/mol. The fourth-order valence-corrected chi connectivity index (χ4v) is 3.10. The minimum Gasteiger partial charge on any atom is -0.481 e. The molecule has 138 valence electrons. The molecule has 0 aliphatic heterocycles. The van der Waals surface area contributed by atoms with Gasteiger partial charge in [0.05, 0.1) is 12.3 Å². The first-order valence-corrected chi connectivity index (χ1v) is 8.02. The first kappa shape index (κ1) is 19.2. The van der Waals surface area contributed by atoms with Gasteiger partial charge in [-0.05, 0) is 49.3 Å². The topological polar surface area (TPSA) is 66.4 Å². The van der Waals surface area contributed by atoms with E-state index in [0.717, 1.165) is 6.07 Å². The van der Waals surface area contributed by atoms with Crippen LogP contribution in [-0.2, 0) is 16.0 Å². The van der Waals surface area contributed by atoms with Crippen LogP contribution in [0, 0.1) is 17.7 Å². The predicted molar refractivity (Wildman–Crippen MR) is 82.5 cm³/mol. The van der Waals surface area contributed by atoms with E-state index in [1.54, 1.807) is 0 Å². The Morgan fingerprint density at radius 3 is 2.32 bits per heavy atom. The molecular weight excluding hydrogens is 342 g/mol. The zero-order valence-corrected chi connectivity index (χ0v) is 13.4.